The van der Waals surface area contributed by atoms with Crippen molar-refractivity contribution in [3.05, 3.63) is 5.21 Å². The number of hydroxylamine groups is 2. The molecule has 0 spiro atoms. The van der Waals surface area contributed by atoms with Gasteiger partial charge in [-0.3, -0.25) is 0 Å². The van der Waals surface area contributed by atoms with E-state index in [1.807, 2.05) is 13.8 Å². The highest BCUT2D eigenvalue weighted by atomic mass is 16.6. The first-order valence-electron chi connectivity index (χ1n) is 11.6. The van der Waals surface area contributed by atoms with E-state index < -0.39 is 5.72 Å². The maximum absolute atomic E-state index is 13.0. The van der Waals surface area contributed by atoms with Crippen LogP contribution in [0, 0.1) is 5.21 Å². The highest BCUT2D eigenvalue weighted by Crippen LogP contribution is 2.41. The van der Waals surface area contributed by atoms with Crippen molar-refractivity contribution in [3.63, 3.8) is 0 Å². The molecule has 0 aromatic heterocycles. The molecule has 0 N–H and O–H groups in total. The minimum Gasteiger partial charge on any atom is -0.783 e. The predicted octanol–water partition coefficient (Wildman–Crippen LogP) is 7.57. The fourth-order valence-electron chi connectivity index (χ4n) is 4.17. The van der Waals surface area contributed by atoms with E-state index in [2.05, 4.69) is 13.8 Å². The van der Waals surface area contributed by atoms with Gasteiger partial charge < -0.3 is 15.0 Å². The third-order valence-electron chi connectivity index (χ3n) is 5.96. The van der Waals surface area contributed by atoms with E-state index in [4.69, 9.17) is 4.74 Å². The summed E-state index contributed by atoms with van der Waals surface area (Å²) in [5.74, 6) is 0. The van der Waals surface area contributed by atoms with Crippen molar-refractivity contribution < 1.29 is 4.74 Å². The molecule has 1 heterocycles. The molecule has 0 aliphatic carbocycles. The summed E-state index contributed by atoms with van der Waals surface area (Å²) < 4.78 is 6.17. The zero-order valence-electron chi connectivity index (χ0n) is 18.3. The quantitative estimate of drug-likeness (QED) is 0.263. The van der Waals surface area contributed by atoms with Crippen LogP contribution in [0.2, 0.25) is 0 Å². The standard InChI is InChI=1S/C23H46NO2/c1-5-7-9-11-13-15-17-19-23(24(25)22(3,4)21-26-23)20-18-16-14-12-10-8-6-2/h5-21H2,1-4H3/q-1. The first kappa shape index (κ1) is 23.9. The predicted molar refractivity (Wildman–Crippen MR) is 113 cm³/mol. The Labute approximate surface area is 163 Å². The number of ether oxygens (including phenoxy) is 1. The SMILES string of the molecule is CCCCCCCCCC1(CCCCCCCCC)OCC(C)(C)N1[O-]. The van der Waals surface area contributed by atoms with Crippen molar-refractivity contribution in [1.82, 2.24) is 5.06 Å². The summed E-state index contributed by atoms with van der Waals surface area (Å²) in [4.78, 5) is 0. The fraction of sp³-hybridized carbons (Fsp3) is 1.00. The van der Waals surface area contributed by atoms with Gasteiger partial charge in [0, 0.05) is 5.54 Å². The molecular weight excluding hydrogens is 322 g/mol. The van der Waals surface area contributed by atoms with Crippen LogP contribution in [0.25, 0.3) is 0 Å². The Morgan fingerprint density at radius 3 is 1.42 bits per heavy atom. The minimum absolute atomic E-state index is 0.373. The van der Waals surface area contributed by atoms with Gasteiger partial charge in [0.25, 0.3) is 0 Å². The monoisotopic (exact) mass is 368 g/mol. The van der Waals surface area contributed by atoms with Crippen LogP contribution in [0.15, 0.2) is 0 Å². The van der Waals surface area contributed by atoms with Crippen LogP contribution >= 0.6 is 0 Å². The largest absolute Gasteiger partial charge is 0.783 e. The van der Waals surface area contributed by atoms with Crippen LogP contribution in [0.5, 0.6) is 0 Å². The van der Waals surface area contributed by atoms with Crippen LogP contribution in [0.3, 0.4) is 0 Å². The number of hydrogen-bond acceptors (Lipinski definition) is 3. The smallest absolute Gasteiger partial charge is 0.111 e. The maximum atomic E-state index is 13.0. The van der Waals surface area contributed by atoms with Gasteiger partial charge in [0.05, 0.1) is 6.61 Å². The fourth-order valence-corrected chi connectivity index (χ4v) is 4.17. The summed E-state index contributed by atoms with van der Waals surface area (Å²) in [6.07, 6.45) is 19.8. The van der Waals surface area contributed by atoms with Crippen molar-refractivity contribution in [1.29, 1.82) is 0 Å². The maximum Gasteiger partial charge on any atom is 0.111 e. The third-order valence-corrected chi connectivity index (χ3v) is 5.96. The van der Waals surface area contributed by atoms with E-state index in [1.54, 1.807) is 0 Å². The highest BCUT2D eigenvalue weighted by Gasteiger charge is 2.45. The van der Waals surface area contributed by atoms with E-state index in [9.17, 15) is 5.21 Å². The van der Waals surface area contributed by atoms with E-state index in [1.165, 1.54) is 82.1 Å². The molecule has 1 saturated heterocycles. The summed E-state index contributed by atoms with van der Waals surface area (Å²) in [6, 6.07) is 0. The Morgan fingerprint density at radius 2 is 1.08 bits per heavy atom. The molecule has 0 amide bonds. The molecule has 0 aromatic carbocycles. The molecule has 0 aromatic rings. The number of rotatable bonds is 16. The average molecular weight is 369 g/mol. The minimum atomic E-state index is -0.545. The number of hydrogen-bond donors (Lipinski definition) is 0. The zero-order chi connectivity index (χ0) is 19.3. The first-order chi connectivity index (χ1) is 12.5. The van der Waals surface area contributed by atoms with E-state index >= 15 is 0 Å². The normalized spacial score (nSPS) is 19.3. The summed E-state index contributed by atoms with van der Waals surface area (Å²) in [7, 11) is 0. The molecule has 3 nitrogen and oxygen atoms in total. The van der Waals surface area contributed by atoms with Gasteiger partial charge in [0.2, 0.25) is 0 Å². The lowest BCUT2D eigenvalue weighted by atomic mass is 9.95. The van der Waals surface area contributed by atoms with Crippen LogP contribution in [0.1, 0.15) is 130 Å². The molecule has 156 valence electrons. The Hall–Kier alpha value is -0.120. The molecule has 0 unspecified atom stereocenters. The summed E-state index contributed by atoms with van der Waals surface area (Å²) in [6.45, 7) is 9.14. The van der Waals surface area contributed by atoms with Gasteiger partial charge in [-0.2, -0.15) is 0 Å². The van der Waals surface area contributed by atoms with Gasteiger partial charge in [-0.05, 0) is 39.5 Å². The van der Waals surface area contributed by atoms with Crippen molar-refractivity contribution in [2.24, 2.45) is 0 Å². The Kier molecular flexibility index (Phi) is 12.1. The van der Waals surface area contributed by atoms with Gasteiger partial charge in [0.1, 0.15) is 5.72 Å². The van der Waals surface area contributed by atoms with Crippen molar-refractivity contribution in [3.8, 4) is 0 Å². The molecule has 26 heavy (non-hydrogen) atoms. The molecule has 0 atom stereocenters. The molecular formula is C23H46NO2-. The molecule has 1 fully saturated rings. The zero-order valence-corrected chi connectivity index (χ0v) is 18.3. The van der Waals surface area contributed by atoms with Crippen molar-refractivity contribution >= 4 is 0 Å². The van der Waals surface area contributed by atoms with Gasteiger partial charge in [-0.25, -0.2) is 0 Å². The van der Waals surface area contributed by atoms with Gasteiger partial charge in [-0.15, -0.1) is 0 Å². The molecule has 1 aliphatic heterocycles. The summed E-state index contributed by atoms with van der Waals surface area (Å²) in [5, 5.41) is 14.3. The first-order valence-corrected chi connectivity index (χ1v) is 11.6. The van der Waals surface area contributed by atoms with Gasteiger partial charge >= 0.3 is 0 Å². The lowest BCUT2D eigenvalue weighted by molar-refractivity contribution is -0.0836. The molecule has 0 radical (unpaired) electrons. The second kappa shape index (κ2) is 13.1. The van der Waals surface area contributed by atoms with E-state index in [-0.39, 0.29) is 5.54 Å². The number of nitrogens with zero attached hydrogens (tertiary/aromatic N) is 1. The lowest BCUT2D eigenvalue weighted by Crippen LogP contribution is -2.48. The molecule has 1 rings (SSSR count). The Balaban J connectivity index is 2.34. The summed E-state index contributed by atoms with van der Waals surface area (Å²) >= 11 is 0. The second-order valence-electron chi connectivity index (χ2n) is 9.08. The molecule has 0 saturated carbocycles. The second-order valence-corrected chi connectivity index (χ2v) is 9.08. The van der Waals surface area contributed by atoms with Crippen molar-refractivity contribution in [2.75, 3.05) is 6.61 Å². The van der Waals surface area contributed by atoms with Crippen LogP contribution in [-0.2, 0) is 4.74 Å². The molecule has 0 bridgehead atoms. The van der Waals surface area contributed by atoms with Gasteiger partial charge in [0.15, 0.2) is 0 Å². The topological polar surface area (TPSA) is 35.5 Å². The third kappa shape index (κ3) is 8.27. The number of unbranched alkanes of at least 4 members (excludes halogenated alkanes) is 12. The van der Waals surface area contributed by atoms with Gasteiger partial charge in [-0.1, -0.05) is 90.9 Å². The van der Waals surface area contributed by atoms with Crippen LogP contribution < -0.4 is 0 Å². The summed E-state index contributed by atoms with van der Waals surface area (Å²) in [5.41, 5.74) is -0.918. The molecule has 3 heteroatoms. The van der Waals surface area contributed by atoms with Crippen molar-refractivity contribution in [2.45, 2.75) is 142 Å². The van der Waals surface area contributed by atoms with E-state index in [0.29, 0.717) is 6.61 Å². The Bertz CT molecular complexity index is 325. The van der Waals surface area contributed by atoms with Crippen LogP contribution in [-0.4, -0.2) is 22.9 Å². The lowest BCUT2D eigenvalue weighted by Gasteiger charge is -2.48. The Morgan fingerprint density at radius 1 is 0.692 bits per heavy atom. The molecule has 1 aliphatic rings. The van der Waals surface area contributed by atoms with E-state index in [0.717, 1.165) is 25.7 Å². The van der Waals surface area contributed by atoms with Crippen LogP contribution in [0.4, 0.5) is 0 Å². The highest BCUT2D eigenvalue weighted by molar-refractivity contribution is 4.98. The average Bonchev–Trinajstić information content (AvgIpc) is 2.85.